The Hall–Kier alpha value is -1.73. The van der Waals surface area contributed by atoms with Crippen molar-refractivity contribution in [1.29, 1.82) is 0 Å². The van der Waals surface area contributed by atoms with E-state index in [1.54, 1.807) is 33.6 Å². The fourth-order valence-corrected chi connectivity index (χ4v) is 4.32. The summed E-state index contributed by atoms with van der Waals surface area (Å²) < 4.78 is 1.12. The molecule has 0 spiro atoms. The van der Waals surface area contributed by atoms with E-state index in [9.17, 15) is 4.79 Å². The van der Waals surface area contributed by atoms with E-state index in [1.807, 2.05) is 43.8 Å². The molecule has 0 aliphatic carbocycles. The molecule has 0 fully saturated rings. The Morgan fingerprint density at radius 2 is 2.04 bits per heavy atom. The molecule has 3 rings (SSSR count). The Kier molecular flexibility index (Phi) is 7.98. The molecule has 0 radical (unpaired) electrons. The van der Waals surface area contributed by atoms with Crippen LogP contribution in [0.4, 0.5) is 5.13 Å². The van der Waals surface area contributed by atoms with Crippen LogP contribution in [0, 0.1) is 6.92 Å². The molecule has 0 unspecified atom stereocenters. The Balaban J connectivity index is 0.00000261. The third kappa shape index (κ3) is 5.87. The van der Waals surface area contributed by atoms with E-state index in [1.165, 1.54) is 5.56 Å². The molecule has 0 bridgehead atoms. The molecule has 0 atom stereocenters. The molecule has 144 valence electrons. The molecule has 4 nitrogen and oxygen atoms in total. The summed E-state index contributed by atoms with van der Waals surface area (Å²) in [6.07, 6.45) is 4.43. The van der Waals surface area contributed by atoms with Gasteiger partial charge in [0.25, 0.3) is 5.91 Å². The van der Waals surface area contributed by atoms with Gasteiger partial charge in [0.1, 0.15) is 0 Å². The highest BCUT2D eigenvalue weighted by Crippen LogP contribution is 2.30. The number of hydrogen-bond acceptors (Lipinski definition) is 5. The Bertz CT molecular complexity index is 903. The molecular formula is C20H24ClN3OS2. The number of carbonyl (C=O) groups is 1. The van der Waals surface area contributed by atoms with Crippen molar-refractivity contribution in [1.82, 2.24) is 9.88 Å². The van der Waals surface area contributed by atoms with E-state index in [0.29, 0.717) is 6.54 Å². The summed E-state index contributed by atoms with van der Waals surface area (Å²) in [6, 6.07) is 10.2. The van der Waals surface area contributed by atoms with Gasteiger partial charge in [-0.2, -0.15) is 0 Å². The Morgan fingerprint density at radius 1 is 1.22 bits per heavy atom. The van der Waals surface area contributed by atoms with Crippen LogP contribution in [0.3, 0.4) is 0 Å². The monoisotopic (exact) mass is 421 g/mol. The van der Waals surface area contributed by atoms with Crippen LogP contribution in [-0.2, 0) is 4.79 Å². The number of fused-ring (bicyclic) bond motifs is 1. The summed E-state index contributed by atoms with van der Waals surface area (Å²) >= 11 is 3.20. The molecule has 1 aromatic carbocycles. The van der Waals surface area contributed by atoms with Crippen molar-refractivity contribution in [2.75, 3.05) is 32.1 Å². The molecule has 1 amide bonds. The topological polar surface area (TPSA) is 36.4 Å². The summed E-state index contributed by atoms with van der Waals surface area (Å²) in [5, 5.41) is 2.78. The van der Waals surface area contributed by atoms with Crippen molar-refractivity contribution >= 4 is 62.4 Å². The number of hydrogen-bond donors (Lipinski definition) is 0. The molecule has 0 N–H and O–H groups in total. The summed E-state index contributed by atoms with van der Waals surface area (Å²) in [5.41, 5.74) is 2.15. The van der Waals surface area contributed by atoms with Crippen molar-refractivity contribution < 1.29 is 4.79 Å². The largest absolute Gasteiger partial charge is 0.309 e. The van der Waals surface area contributed by atoms with Crippen LogP contribution in [0.5, 0.6) is 0 Å². The Morgan fingerprint density at radius 3 is 2.74 bits per heavy atom. The van der Waals surface area contributed by atoms with Crippen LogP contribution in [0.25, 0.3) is 16.3 Å². The highest BCUT2D eigenvalue weighted by molar-refractivity contribution is 7.22. The molecule has 7 heteroatoms. The number of thiazole rings is 1. The molecule has 0 saturated heterocycles. The normalized spacial score (nSPS) is 11.3. The average Bonchev–Trinajstić information content (AvgIpc) is 3.25. The number of thiophene rings is 1. The van der Waals surface area contributed by atoms with Crippen molar-refractivity contribution in [2.24, 2.45) is 0 Å². The summed E-state index contributed by atoms with van der Waals surface area (Å²) in [6.45, 7) is 3.66. The SMILES string of the molecule is Cc1ccc2nc(N(CCCN(C)C)C(=O)C=Cc3cccs3)sc2c1.Cl. The first-order chi connectivity index (χ1) is 12.5. The minimum absolute atomic E-state index is 0. The minimum atomic E-state index is -0.0204. The number of benzene rings is 1. The first kappa shape index (κ1) is 21.6. The molecular weight excluding hydrogens is 398 g/mol. The molecule has 0 aliphatic rings. The van der Waals surface area contributed by atoms with Gasteiger partial charge in [0.05, 0.1) is 10.2 Å². The van der Waals surface area contributed by atoms with Gasteiger partial charge in [-0.1, -0.05) is 23.5 Å². The van der Waals surface area contributed by atoms with Gasteiger partial charge in [-0.15, -0.1) is 23.7 Å². The zero-order chi connectivity index (χ0) is 18.5. The fourth-order valence-electron chi connectivity index (χ4n) is 2.61. The second kappa shape index (κ2) is 9.99. The van der Waals surface area contributed by atoms with Gasteiger partial charge in [-0.3, -0.25) is 9.69 Å². The number of halogens is 1. The number of aryl methyl sites for hydroxylation is 1. The van der Waals surface area contributed by atoms with Gasteiger partial charge in [-0.25, -0.2) is 4.98 Å². The van der Waals surface area contributed by atoms with E-state index >= 15 is 0 Å². The summed E-state index contributed by atoms with van der Waals surface area (Å²) in [7, 11) is 4.09. The summed E-state index contributed by atoms with van der Waals surface area (Å²) in [5.74, 6) is -0.0204. The van der Waals surface area contributed by atoms with Gasteiger partial charge in [0.15, 0.2) is 5.13 Å². The predicted octanol–water partition coefficient (Wildman–Crippen LogP) is 5.09. The smallest absolute Gasteiger partial charge is 0.252 e. The number of nitrogens with zero attached hydrogens (tertiary/aromatic N) is 3. The van der Waals surface area contributed by atoms with E-state index in [4.69, 9.17) is 4.98 Å². The molecule has 2 heterocycles. The lowest BCUT2D eigenvalue weighted by atomic mass is 10.2. The van der Waals surface area contributed by atoms with Crippen molar-refractivity contribution in [3.05, 3.63) is 52.2 Å². The molecule has 0 aliphatic heterocycles. The van der Waals surface area contributed by atoms with Gasteiger partial charge < -0.3 is 4.90 Å². The third-order valence-corrected chi connectivity index (χ3v) is 5.83. The Labute approximate surface area is 174 Å². The van der Waals surface area contributed by atoms with Crippen molar-refractivity contribution in [3.63, 3.8) is 0 Å². The van der Waals surface area contributed by atoms with Crippen LogP contribution in [0.1, 0.15) is 16.9 Å². The number of carbonyl (C=O) groups excluding carboxylic acids is 1. The summed E-state index contributed by atoms with van der Waals surface area (Å²) in [4.78, 5) is 22.6. The minimum Gasteiger partial charge on any atom is -0.309 e. The van der Waals surface area contributed by atoms with Crippen LogP contribution in [-0.4, -0.2) is 43.0 Å². The lowest BCUT2D eigenvalue weighted by Crippen LogP contribution is -2.32. The maximum absolute atomic E-state index is 12.9. The first-order valence-electron chi connectivity index (χ1n) is 8.58. The lowest BCUT2D eigenvalue weighted by Gasteiger charge is -2.19. The maximum atomic E-state index is 12.9. The zero-order valence-corrected chi connectivity index (χ0v) is 18.2. The van der Waals surface area contributed by atoms with Gasteiger partial charge in [0, 0.05) is 17.5 Å². The molecule has 27 heavy (non-hydrogen) atoms. The van der Waals surface area contributed by atoms with Gasteiger partial charge >= 0.3 is 0 Å². The quantitative estimate of drug-likeness (QED) is 0.499. The van der Waals surface area contributed by atoms with Crippen molar-refractivity contribution in [2.45, 2.75) is 13.3 Å². The van der Waals surface area contributed by atoms with Crippen LogP contribution < -0.4 is 4.90 Å². The second-order valence-corrected chi connectivity index (χ2v) is 8.45. The van der Waals surface area contributed by atoms with E-state index in [-0.39, 0.29) is 18.3 Å². The molecule has 2 aromatic heterocycles. The maximum Gasteiger partial charge on any atom is 0.252 e. The zero-order valence-electron chi connectivity index (χ0n) is 15.7. The lowest BCUT2D eigenvalue weighted by molar-refractivity contribution is -0.114. The molecule has 0 saturated carbocycles. The number of anilines is 1. The number of amides is 1. The average molecular weight is 422 g/mol. The van der Waals surface area contributed by atoms with Crippen LogP contribution >= 0.6 is 35.1 Å². The fraction of sp³-hybridized carbons (Fsp3) is 0.300. The van der Waals surface area contributed by atoms with E-state index in [0.717, 1.165) is 33.2 Å². The number of aromatic nitrogens is 1. The van der Waals surface area contributed by atoms with Crippen LogP contribution in [0.2, 0.25) is 0 Å². The van der Waals surface area contributed by atoms with Gasteiger partial charge in [0.2, 0.25) is 0 Å². The third-order valence-electron chi connectivity index (χ3n) is 3.95. The van der Waals surface area contributed by atoms with Crippen LogP contribution in [0.15, 0.2) is 41.8 Å². The van der Waals surface area contributed by atoms with Gasteiger partial charge in [-0.05, 0) is 69.2 Å². The van der Waals surface area contributed by atoms with E-state index in [2.05, 4.69) is 24.0 Å². The standard InChI is InChI=1S/C20H23N3OS2.ClH/c1-15-7-9-17-18(14-15)26-20(21-17)23(12-5-11-22(2)3)19(24)10-8-16-6-4-13-25-16;/h4,6-10,13-14H,5,11-12H2,1-3H3;1H. The van der Waals surface area contributed by atoms with Crippen molar-refractivity contribution in [3.8, 4) is 0 Å². The van der Waals surface area contributed by atoms with E-state index < -0.39 is 0 Å². The highest BCUT2D eigenvalue weighted by atomic mass is 35.5. The number of rotatable bonds is 7. The highest BCUT2D eigenvalue weighted by Gasteiger charge is 2.17. The first-order valence-corrected chi connectivity index (χ1v) is 10.3. The predicted molar refractivity (Wildman–Crippen MR) is 120 cm³/mol. The molecule has 3 aromatic rings. The second-order valence-electron chi connectivity index (χ2n) is 6.46.